The Balaban J connectivity index is 1.60. The lowest BCUT2D eigenvalue weighted by Crippen LogP contribution is -2.30. The van der Waals surface area contributed by atoms with Gasteiger partial charge in [-0.1, -0.05) is 24.1 Å². The topological polar surface area (TPSA) is 127 Å². The van der Waals surface area contributed by atoms with Gasteiger partial charge in [0.1, 0.15) is 11.0 Å². The first-order chi connectivity index (χ1) is 14.8. The number of nitrogens with zero attached hydrogens (tertiary/aromatic N) is 2. The van der Waals surface area contributed by atoms with Gasteiger partial charge in [0.15, 0.2) is 6.61 Å². The second-order valence-corrected chi connectivity index (χ2v) is 8.78. The van der Waals surface area contributed by atoms with Crippen molar-refractivity contribution in [3.05, 3.63) is 53.3 Å². The number of carbonyl (C=O) groups is 2. The third-order valence-electron chi connectivity index (χ3n) is 4.37. The molecule has 31 heavy (non-hydrogen) atoms. The number of hydrogen-bond acceptors (Lipinski definition) is 7. The van der Waals surface area contributed by atoms with Gasteiger partial charge < -0.3 is 10.1 Å². The summed E-state index contributed by atoms with van der Waals surface area (Å²) < 4.78 is 32.8. The zero-order valence-electron chi connectivity index (χ0n) is 16.5. The number of hydrogen-bond donors (Lipinski definition) is 2. The standard InChI is InChI=1S/C20H21ClN4O5S/c21-19-16(8-5-11-23-19)20(27)30-13-18(26)24-14-6-4-7-15(12-14)31(28,29)25-17-9-2-1-3-10-22-17/h4-8,11-12H,1-3,9-10,13H2,(H,22,25)(H,24,26). The van der Waals surface area contributed by atoms with Crippen molar-refractivity contribution in [3.8, 4) is 0 Å². The molecular formula is C20H21ClN4O5S. The predicted molar refractivity (Wildman–Crippen MR) is 116 cm³/mol. The zero-order valence-corrected chi connectivity index (χ0v) is 18.1. The number of amides is 1. The number of halogens is 1. The Labute approximate surface area is 184 Å². The molecule has 0 radical (unpaired) electrons. The van der Waals surface area contributed by atoms with Gasteiger partial charge in [-0.2, -0.15) is 0 Å². The second kappa shape index (κ2) is 10.4. The van der Waals surface area contributed by atoms with Crippen LogP contribution in [0, 0.1) is 0 Å². The second-order valence-electron chi connectivity index (χ2n) is 6.74. The normalized spacial score (nSPS) is 14.2. The van der Waals surface area contributed by atoms with Crippen molar-refractivity contribution < 1.29 is 22.7 Å². The Hall–Kier alpha value is -2.98. The number of benzene rings is 1. The maximum Gasteiger partial charge on any atom is 0.341 e. The summed E-state index contributed by atoms with van der Waals surface area (Å²) in [6.07, 6.45) is 4.81. The Morgan fingerprint density at radius 2 is 1.97 bits per heavy atom. The smallest absolute Gasteiger partial charge is 0.341 e. The van der Waals surface area contributed by atoms with Crippen LogP contribution in [0.3, 0.4) is 0 Å². The van der Waals surface area contributed by atoms with Crippen LogP contribution in [0.2, 0.25) is 5.15 Å². The fraction of sp³-hybridized carbons (Fsp3) is 0.300. The molecule has 1 aromatic carbocycles. The van der Waals surface area contributed by atoms with Gasteiger partial charge in [-0.05, 0) is 43.2 Å². The van der Waals surface area contributed by atoms with Crippen molar-refractivity contribution in [3.63, 3.8) is 0 Å². The summed E-state index contributed by atoms with van der Waals surface area (Å²) >= 11 is 5.82. The SMILES string of the molecule is O=C(COC(=O)c1cccnc1Cl)Nc1cccc(S(=O)(=O)NC2=NCCCCC2)c1. The van der Waals surface area contributed by atoms with Crippen molar-refractivity contribution in [2.75, 3.05) is 18.5 Å². The number of carbonyl (C=O) groups excluding carboxylic acids is 2. The van der Waals surface area contributed by atoms with Gasteiger partial charge in [-0.15, -0.1) is 0 Å². The van der Waals surface area contributed by atoms with Crippen molar-refractivity contribution >= 4 is 45.0 Å². The number of amidine groups is 1. The van der Waals surface area contributed by atoms with Crippen LogP contribution in [-0.4, -0.2) is 44.3 Å². The molecule has 0 saturated heterocycles. The molecule has 164 valence electrons. The van der Waals surface area contributed by atoms with Gasteiger partial charge in [0.05, 0.1) is 10.5 Å². The van der Waals surface area contributed by atoms with E-state index in [-0.39, 0.29) is 21.3 Å². The van der Waals surface area contributed by atoms with Gasteiger partial charge in [-0.3, -0.25) is 14.5 Å². The average molecular weight is 465 g/mol. The first kappa shape index (κ1) is 22.7. The number of ether oxygens (including phenoxy) is 1. The Morgan fingerprint density at radius 3 is 2.77 bits per heavy atom. The molecule has 0 unspecified atom stereocenters. The van der Waals surface area contributed by atoms with Gasteiger partial charge in [0.2, 0.25) is 0 Å². The molecule has 1 aliphatic rings. The number of aliphatic imine (C=N–C) groups is 1. The molecule has 9 nitrogen and oxygen atoms in total. The molecule has 0 spiro atoms. The summed E-state index contributed by atoms with van der Waals surface area (Å²) in [7, 11) is -3.84. The molecule has 2 heterocycles. The minimum atomic E-state index is -3.84. The lowest BCUT2D eigenvalue weighted by atomic mass is 10.2. The number of esters is 1. The monoisotopic (exact) mass is 464 g/mol. The van der Waals surface area contributed by atoms with Crippen LogP contribution in [0.25, 0.3) is 0 Å². The number of aromatic nitrogens is 1. The first-order valence-corrected chi connectivity index (χ1v) is 11.4. The molecule has 11 heteroatoms. The van der Waals surface area contributed by atoms with Gasteiger partial charge in [0, 0.05) is 24.8 Å². The van der Waals surface area contributed by atoms with Crippen molar-refractivity contribution in [2.45, 2.75) is 30.6 Å². The molecule has 0 aliphatic carbocycles. The molecule has 3 rings (SSSR count). The highest BCUT2D eigenvalue weighted by molar-refractivity contribution is 7.90. The lowest BCUT2D eigenvalue weighted by molar-refractivity contribution is -0.119. The third-order valence-corrected chi connectivity index (χ3v) is 6.05. The molecule has 2 aromatic rings. The summed E-state index contributed by atoms with van der Waals surface area (Å²) in [5, 5.41) is 2.47. The van der Waals surface area contributed by atoms with E-state index in [1.54, 1.807) is 0 Å². The fourth-order valence-electron chi connectivity index (χ4n) is 2.86. The molecule has 2 N–H and O–H groups in total. The average Bonchev–Trinajstić information content (AvgIpc) is 3.01. The summed E-state index contributed by atoms with van der Waals surface area (Å²) in [4.78, 5) is 32.1. The first-order valence-electron chi connectivity index (χ1n) is 9.59. The highest BCUT2D eigenvalue weighted by Crippen LogP contribution is 2.17. The number of anilines is 1. The number of pyridine rings is 1. The van der Waals surface area contributed by atoms with Crippen LogP contribution in [0.15, 0.2) is 52.5 Å². The van der Waals surface area contributed by atoms with E-state index in [0.717, 1.165) is 19.3 Å². The van der Waals surface area contributed by atoms with Crippen molar-refractivity contribution in [2.24, 2.45) is 4.99 Å². The van der Waals surface area contributed by atoms with Crippen molar-refractivity contribution in [1.82, 2.24) is 9.71 Å². The van der Waals surface area contributed by atoms with E-state index in [4.69, 9.17) is 16.3 Å². The summed E-state index contributed by atoms with van der Waals surface area (Å²) in [5.74, 6) is -0.991. The van der Waals surface area contributed by atoms with Gasteiger partial charge in [-0.25, -0.2) is 18.2 Å². The van der Waals surface area contributed by atoms with Gasteiger partial charge in [0.25, 0.3) is 15.9 Å². The lowest BCUT2D eigenvalue weighted by Gasteiger charge is -2.11. The zero-order chi connectivity index (χ0) is 22.3. The molecule has 0 atom stereocenters. The van der Waals surface area contributed by atoms with E-state index < -0.39 is 28.5 Å². The summed E-state index contributed by atoms with van der Waals surface area (Å²) in [6, 6.07) is 8.70. The van der Waals surface area contributed by atoms with Crippen LogP contribution in [0.1, 0.15) is 36.0 Å². The van der Waals surface area contributed by atoms with Crippen LogP contribution in [-0.2, 0) is 19.6 Å². The minimum Gasteiger partial charge on any atom is -0.452 e. The molecule has 1 aliphatic heterocycles. The Kier molecular flexibility index (Phi) is 7.59. The molecular weight excluding hydrogens is 444 g/mol. The molecule has 0 fully saturated rings. The highest BCUT2D eigenvalue weighted by Gasteiger charge is 2.19. The van der Waals surface area contributed by atoms with E-state index in [9.17, 15) is 18.0 Å². The summed E-state index contributed by atoms with van der Waals surface area (Å²) in [6.45, 7) is 0.0208. The van der Waals surface area contributed by atoms with E-state index >= 15 is 0 Å². The maximum absolute atomic E-state index is 12.7. The third kappa shape index (κ3) is 6.50. The maximum atomic E-state index is 12.7. The Morgan fingerprint density at radius 1 is 1.13 bits per heavy atom. The van der Waals surface area contributed by atoms with Crippen LogP contribution < -0.4 is 10.0 Å². The fourth-order valence-corrected chi connectivity index (χ4v) is 4.19. The molecule has 0 bridgehead atoms. The number of rotatable bonds is 6. The van der Waals surface area contributed by atoms with E-state index in [2.05, 4.69) is 20.0 Å². The summed E-state index contributed by atoms with van der Waals surface area (Å²) in [5.41, 5.74) is 0.281. The quantitative estimate of drug-likeness (QED) is 0.500. The Bertz CT molecular complexity index is 1100. The largest absolute Gasteiger partial charge is 0.452 e. The number of sulfonamides is 1. The minimum absolute atomic E-state index is 0.0172. The van der Waals surface area contributed by atoms with Crippen molar-refractivity contribution in [1.29, 1.82) is 0 Å². The molecule has 1 aromatic heterocycles. The van der Waals surface area contributed by atoms with Crippen LogP contribution in [0.4, 0.5) is 5.69 Å². The van der Waals surface area contributed by atoms with Gasteiger partial charge >= 0.3 is 5.97 Å². The van der Waals surface area contributed by atoms with E-state index in [1.807, 2.05) is 0 Å². The number of nitrogens with one attached hydrogen (secondary N) is 2. The molecule has 0 saturated carbocycles. The van der Waals surface area contributed by atoms with Crippen LogP contribution in [0.5, 0.6) is 0 Å². The van der Waals surface area contributed by atoms with E-state index in [0.29, 0.717) is 18.8 Å². The predicted octanol–water partition coefficient (Wildman–Crippen LogP) is 2.78. The van der Waals surface area contributed by atoms with E-state index in [1.165, 1.54) is 42.6 Å². The van der Waals surface area contributed by atoms with Crippen LogP contribution >= 0.6 is 11.6 Å². The molecule has 1 amide bonds. The highest BCUT2D eigenvalue weighted by atomic mass is 35.5.